The number of nitrogens with two attached hydrogens (primary N) is 1. The number of nitrogen functional groups attached to an aromatic ring is 1. The van der Waals surface area contributed by atoms with Crippen LogP contribution in [0, 0.1) is 10.8 Å². The first-order chi connectivity index (χ1) is 11.1. The zero-order valence-electron chi connectivity index (χ0n) is 13.1. The molecule has 0 unspecified atom stereocenters. The molecule has 0 aromatic heterocycles. The zero-order valence-corrected chi connectivity index (χ0v) is 13.1. The molecule has 0 bridgehead atoms. The van der Waals surface area contributed by atoms with E-state index in [-0.39, 0.29) is 11.9 Å². The van der Waals surface area contributed by atoms with Crippen LogP contribution in [0.15, 0.2) is 53.7 Å². The summed E-state index contributed by atoms with van der Waals surface area (Å²) in [5.74, 6) is 0.366. The van der Waals surface area contributed by atoms with Gasteiger partial charge in [0.25, 0.3) is 0 Å². The molecular weight excluding hydrogens is 292 g/mol. The number of carbonyl (C=O) groups excluding carboxylic acids is 1. The molecule has 1 saturated carbocycles. The maximum absolute atomic E-state index is 11.2. The predicted molar refractivity (Wildman–Crippen MR) is 90.5 cm³/mol. The minimum atomic E-state index is -0.184. The van der Waals surface area contributed by atoms with Crippen LogP contribution < -0.4 is 10.5 Å². The maximum atomic E-state index is 11.2. The van der Waals surface area contributed by atoms with Crippen LogP contribution in [0.25, 0.3) is 0 Å². The Morgan fingerprint density at radius 1 is 1.13 bits per heavy atom. The average molecular weight is 312 g/mol. The van der Waals surface area contributed by atoms with Gasteiger partial charge in [-0.3, -0.25) is 4.79 Å². The number of esters is 1. The molecule has 5 heteroatoms. The van der Waals surface area contributed by atoms with Gasteiger partial charge in [-0.05, 0) is 66.4 Å². The fourth-order valence-electron chi connectivity index (χ4n) is 1.85. The van der Waals surface area contributed by atoms with Crippen LogP contribution in [0.2, 0.25) is 0 Å². The number of anilines is 1. The van der Waals surface area contributed by atoms with E-state index in [2.05, 4.69) is 24.2 Å². The summed E-state index contributed by atoms with van der Waals surface area (Å²) in [4.78, 5) is 21.3. The molecule has 1 aliphatic rings. The summed E-state index contributed by atoms with van der Waals surface area (Å²) in [6.45, 7) is 2.13. The number of benzene rings is 2. The molecule has 2 aromatic rings. The lowest BCUT2D eigenvalue weighted by molar-refractivity contribution is -0.135. The van der Waals surface area contributed by atoms with Gasteiger partial charge in [-0.1, -0.05) is 19.1 Å². The number of aryl methyl sites for hydroxylation is 1. The number of hydrogen-bond acceptors (Lipinski definition) is 5. The van der Waals surface area contributed by atoms with Crippen LogP contribution in [-0.4, -0.2) is 5.97 Å². The summed E-state index contributed by atoms with van der Waals surface area (Å²) >= 11 is 0. The van der Waals surface area contributed by atoms with Gasteiger partial charge in [0.15, 0.2) is 0 Å². The molecule has 0 atom stereocenters. The van der Waals surface area contributed by atoms with Crippen LogP contribution in [0.1, 0.15) is 25.3 Å². The molecule has 0 aliphatic heterocycles. The smallest absolute Gasteiger partial charge is 0.314 e. The largest absolute Gasteiger partial charge is 0.426 e. The minimum Gasteiger partial charge on any atom is -0.426 e. The van der Waals surface area contributed by atoms with E-state index in [4.69, 9.17) is 10.5 Å². The van der Waals surface area contributed by atoms with E-state index in [1.54, 1.807) is 12.1 Å². The van der Waals surface area contributed by atoms with Crippen molar-refractivity contribution in [1.82, 2.24) is 0 Å². The van der Waals surface area contributed by atoms with Crippen LogP contribution in [0.5, 0.6) is 5.75 Å². The minimum absolute atomic E-state index is 0.0823. The molecule has 23 heavy (non-hydrogen) atoms. The van der Waals surface area contributed by atoms with Gasteiger partial charge in [0.05, 0.1) is 5.92 Å². The molecule has 2 aromatic carbocycles. The van der Waals surface area contributed by atoms with E-state index in [1.165, 1.54) is 17.7 Å². The second-order valence-electron chi connectivity index (χ2n) is 5.38. The third-order valence-corrected chi connectivity index (χ3v) is 3.46. The van der Waals surface area contributed by atoms with E-state index >= 15 is 0 Å². The van der Waals surface area contributed by atoms with E-state index < -0.39 is 0 Å². The van der Waals surface area contributed by atoms with Crippen molar-refractivity contribution in [3.63, 3.8) is 0 Å². The van der Waals surface area contributed by atoms with Crippen molar-refractivity contribution in [2.45, 2.75) is 26.2 Å². The van der Waals surface area contributed by atoms with Gasteiger partial charge in [0.1, 0.15) is 11.4 Å². The Bertz CT molecular complexity index is 647. The molecule has 0 heterocycles. The fraction of sp³-hybridized carbons (Fsp3) is 0.278. The monoisotopic (exact) mass is 312 g/mol. The Morgan fingerprint density at radius 3 is 2.22 bits per heavy atom. The van der Waals surface area contributed by atoms with Gasteiger partial charge in [0, 0.05) is 5.69 Å². The fourth-order valence-corrected chi connectivity index (χ4v) is 1.85. The summed E-state index contributed by atoms with van der Waals surface area (Å²) in [6.07, 6.45) is 2.93. The van der Waals surface area contributed by atoms with Crippen LogP contribution in [-0.2, 0) is 11.2 Å². The molecule has 1 aliphatic carbocycles. The molecule has 1 fully saturated rings. The number of rotatable bonds is 4. The molecule has 0 radical (unpaired) electrons. The molecule has 3 rings (SSSR count). The Morgan fingerprint density at radius 2 is 1.74 bits per heavy atom. The van der Waals surface area contributed by atoms with E-state index in [9.17, 15) is 9.70 Å². The lowest BCUT2D eigenvalue weighted by Crippen LogP contribution is -2.09. The van der Waals surface area contributed by atoms with Crippen LogP contribution >= 0.6 is 0 Å². The highest BCUT2D eigenvalue weighted by Crippen LogP contribution is 2.31. The van der Waals surface area contributed by atoms with Crippen LogP contribution in [0.3, 0.4) is 0 Å². The lowest BCUT2D eigenvalue weighted by Gasteiger charge is -2.01. The summed E-state index contributed by atoms with van der Waals surface area (Å²) in [7, 11) is 0. The second-order valence-corrected chi connectivity index (χ2v) is 5.38. The zero-order chi connectivity index (χ0) is 16.7. The first-order valence-electron chi connectivity index (χ1n) is 7.62. The molecule has 0 spiro atoms. The standard InChI is InChI=1S/C10H9NO3.C8H11N/c12-10(7-1-2-7)14-9-5-3-8(11-13)4-6-9;1-2-7-3-5-8(9)6-4-7/h3-7H,1-2H2;3-6H,2,9H2,1H3. The van der Waals surface area contributed by atoms with Gasteiger partial charge in [-0.15, -0.1) is 4.91 Å². The van der Waals surface area contributed by atoms with Gasteiger partial charge >= 0.3 is 5.97 Å². The summed E-state index contributed by atoms with van der Waals surface area (Å²) in [5.41, 5.74) is 7.99. The molecule has 5 nitrogen and oxygen atoms in total. The normalized spacial score (nSPS) is 12.7. The molecule has 0 saturated heterocycles. The Labute approximate surface area is 135 Å². The van der Waals surface area contributed by atoms with Crippen molar-refractivity contribution in [2.75, 3.05) is 5.73 Å². The van der Waals surface area contributed by atoms with Gasteiger partial charge in [-0.2, -0.15) is 0 Å². The van der Waals surface area contributed by atoms with Crippen molar-refractivity contribution in [3.8, 4) is 5.75 Å². The molecule has 0 amide bonds. The van der Waals surface area contributed by atoms with E-state index in [0.29, 0.717) is 11.4 Å². The highest BCUT2D eigenvalue weighted by Gasteiger charge is 2.31. The SMILES string of the molecule is CCc1ccc(N)cc1.O=Nc1ccc(OC(=O)C2CC2)cc1. The van der Waals surface area contributed by atoms with Crippen LogP contribution in [0.4, 0.5) is 11.4 Å². The highest BCUT2D eigenvalue weighted by molar-refractivity contribution is 5.77. The lowest BCUT2D eigenvalue weighted by atomic mass is 10.2. The summed E-state index contributed by atoms with van der Waals surface area (Å²) in [5, 5.41) is 2.75. The number of nitroso groups, excluding NO2 is 1. The highest BCUT2D eigenvalue weighted by atomic mass is 16.5. The van der Waals surface area contributed by atoms with Crippen molar-refractivity contribution in [1.29, 1.82) is 0 Å². The van der Waals surface area contributed by atoms with Gasteiger partial charge < -0.3 is 10.5 Å². The quantitative estimate of drug-likeness (QED) is 0.396. The van der Waals surface area contributed by atoms with Crippen molar-refractivity contribution < 1.29 is 9.53 Å². The van der Waals surface area contributed by atoms with Crippen molar-refractivity contribution in [3.05, 3.63) is 59.0 Å². The van der Waals surface area contributed by atoms with Crippen molar-refractivity contribution in [2.24, 2.45) is 11.1 Å². The van der Waals surface area contributed by atoms with Crippen molar-refractivity contribution >= 4 is 17.3 Å². The van der Waals surface area contributed by atoms with Gasteiger partial charge in [0.2, 0.25) is 0 Å². The van der Waals surface area contributed by atoms with E-state index in [1.807, 2.05) is 12.1 Å². The first-order valence-corrected chi connectivity index (χ1v) is 7.62. The number of nitrogens with zero attached hydrogens (tertiary/aromatic N) is 1. The third kappa shape index (κ3) is 5.54. The third-order valence-electron chi connectivity index (χ3n) is 3.46. The summed E-state index contributed by atoms with van der Waals surface area (Å²) in [6, 6.07) is 14.1. The Hall–Kier alpha value is -2.69. The van der Waals surface area contributed by atoms with Gasteiger partial charge in [-0.25, -0.2) is 0 Å². The average Bonchev–Trinajstić information content (AvgIpc) is 3.42. The molecule has 2 N–H and O–H groups in total. The number of carbonyl (C=O) groups is 1. The topological polar surface area (TPSA) is 81.8 Å². The summed E-state index contributed by atoms with van der Waals surface area (Å²) < 4.78 is 5.06. The van der Waals surface area contributed by atoms with E-state index in [0.717, 1.165) is 24.9 Å². The first kappa shape index (κ1) is 16.7. The second kappa shape index (κ2) is 8.08. The number of hydrogen-bond donors (Lipinski definition) is 1. The predicted octanol–water partition coefficient (Wildman–Crippen LogP) is 4.23. The Balaban J connectivity index is 0.000000185. The molecular formula is C18H20N2O3. The number of ether oxygens (including phenoxy) is 1. The maximum Gasteiger partial charge on any atom is 0.314 e. The Kier molecular flexibility index (Phi) is 5.86. The molecule has 120 valence electrons.